The van der Waals surface area contributed by atoms with Crippen molar-refractivity contribution < 1.29 is 17.9 Å². The molecule has 9 heteroatoms. The van der Waals surface area contributed by atoms with Gasteiger partial charge in [0.15, 0.2) is 0 Å². The van der Waals surface area contributed by atoms with Crippen LogP contribution in [0.1, 0.15) is 30.4 Å². The zero-order valence-electron chi connectivity index (χ0n) is 18.7. The summed E-state index contributed by atoms with van der Waals surface area (Å²) < 4.78 is 28.9. The lowest BCUT2D eigenvalue weighted by molar-refractivity contribution is 0.200. The van der Waals surface area contributed by atoms with Crippen LogP contribution in [0, 0.1) is 5.41 Å². The van der Waals surface area contributed by atoms with E-state index >= 15 is 0 Å². The number of hydrogen-bond acceptors (Lipinski definition) is 5. The zero-order valence-corrected chi connectivity index (χ0v) is 19.5. The van der Waals surface area contributed by atoms with Crippen LogP contribution in [0.5, 0.6) is 5.75 Å². The van der Waals surface area contributed by atoms with Crippen molar-refractivity contribution in [2.24, 2.45) is 10.9 Å². The van der Waals surface area contributed by atoms with Gasteiger partial charge in [0.05, 0.1) is 4.90 Å². The number of amides is 1. The lowest BCUT2D eigenvalue weighted by Gasteiger charge is -2.10. The monoisotopic (exact) mass is 480 g/mol. The highest BCUT2D eigenvalue weighted by molar-refractivity contribution is 7.89. The standard InChI is InChI=1S/C25H28N4O4S/c26-24(27)20-9-6-8-18(17-20)7-2-1-5-16-29-25(30)33-21-14-12-19(13-15-21)22-10-3-4-11-23(22)34(28,31)32/h3-4,6,8-15,17H,1-2,5,7,16H2,(H3,26,27)(H,29,30)(H2,28,31,32). The summed E-state index contributed by atoms with van der Waals surface area (Å²) in [6, 6.07) is 20.7. The molecule has 0 fully saturated rings. The molecule has 0 radical (unpaired) electrons. The number of unbranched alkanes of at least 4 members (excludes halogenated alkanes) is 2. The van der Waals surface area contributed by atoms with Crippen LogP contribution in [0.25, 0.3) is 11.1 Å². The van der Waals surface area contributed by atoms with Crippen LogP contribution in [0.2, 0.25) is 0 Å². The molecule has 0 aromatic heterocycles. The van der Waals surface area contributed by atoms with Gasteiger partial charge >= 0.3 is 6.09 Å². The minimum Gasteiger partial charge on any atom is -0.410 e. The van der Waals surface area contributed by atoms with E-state index in [-0.39, 0.29) is 10.7 Å². The van der Waals surface area contributed by atoms with Crippen LogP contribution in [-0.2, 0) is 16.4 Å². The minimum atomic E-state index is -3.86. The van der Waals surface area contributed by atoms with E-state index in [0.29, 0.717) is 23.4 Å². The molecule has 3 aromatic carbocycles. The van der Waals surface area contributed by atoms with Crippen molar-refractivity contribution in [1.29, 1.82) is 5.41 Å². The predicted octanol–water partition coefficient (Wildman–Crippen LogP) is 3.79. The summed E-state index contributed by atoms with van der Waals surface area (Å²) in [5, 5.41) is 15.5. The molecule has 6 N–H and O–H groups in total. The number of amidine groups is 1. The second-order valence-corrected chi connectivity index (χ2v) is 9.34. The lowest BCUT2D eigenvalue weighted by Crippen LogP contribution is -2.27. The highest BCUT2D eigenvalue weighted by Crippen LogP contribution is 2.28. The van der Waals surface area contributed by atoms with Crippen molar-refractivity contribution in [1.82, 2.24) is 5.32 Å². The first-order valence-electron chi connectivity index (χ1n) is 10.9. The first-order valence-corrected chi connectivity index (χ1v) is 12.4. The number of nitrogens with one attached hydrogen (secondary N) is 2. The number of benzene rings is 3. The number of primary sulfonamides is 1. The molecule has 0 atom stereocenters. The van der Waals surface area contributed by atoms with Crippen molar-refractivity contribution >= 4 is 22.0 Å². The molecule has 1 amide bonds. The van der Waals surface area contributed by atoms with E-state index in [0.717, 1.165) is 36.8 Å². The first-order chi connectivity index (χ1) is 16.2. The van der Waals surface area contributed by atoms with Gasteiger partial charge in [0.2, 0.25) is 10.0 Å². The lowest BCUT2D eigenvalue weighted by atomic mass is 10.0. The van der Waals surface area contributed by atoms with Crippen LogP contribution in [-0.4, -0.2) is 26.9 Å². The molecule has 0 aliphatic heterocycles. The van der Waals surface area contributed by atoms with Crippen LogP contribution in [0.3, 0.4) is 0 Å². The van der Waals surface area contributed by atoms with E-state index in [1.165, 1.54) is 6.07 Å². The number of nitrogen functional groups attached to an aromatic ring is 1. The summed E-state index contributed by atoms with van der Waals surface area (Å²) in [4.78, 5) is 12.1. The third kappa shape index (κ3) is 7.16. The van der Waals surface area contributed by atoms with Crippen molar-refractivity contribution in [2.45, 2.75) is 30.6 Å². The van der Waals surface area contributed by atoms with Gasteiger partial charge < -0.3 is 15.8 Å². The second-order valence-electron chi connectivity index (χ2n) is 7.81. The van der Waals surface area contributed by atoms with Crippen molar-refractivity contribution in [3.63, 3.8) is 0 Å². The number of rotatable bonds is 10. The summed E-state index contributed by atoms with van der Waals surface area (Å²) in [6.07, 6.45) is 3.03. The summed E-state index contributed by atoms with van der Waals surface area (Å²) >= 11 is 0. The fraction of sp³-hybridized carbons (Fsp3) is 0.200. The Morgan fingerprint density at radius 3 is 2.38 bits per heavy atom. The number of hydrogen-bond donors (Lipinski definition) is 4. The Labute approximate surface area is 199 Å². The third-order valence-corrected chi connectivity index (χ3v) is 6.19. The number of ether oxygens (including phenoxy) is 1. The number of aryl methyl sites for hydroxylation is 1. The van der Waals surface area contributed by atoms with Gasteiger partial charge in [0.1, 0.15) is 11.6 Å². The van der Waals surface area contributed by atoms with E-state index in [1.807, 2.05) is 24.3 Å². The topological polar surface area (TPSA) is 148 Å². The number of sulfonamides is 1. The van der Waals surface area contributed by atoms with Crippen molar-refractivity contribution in [2.75, 3.05) is 6.54 Å². The number of carbonyl (C=O) groups excluding carboxylic acids is 1. The maximum Gasteiger partial charge on any atom is 0.412 e. The van der Waals surface area contributed by atoms with E-state index in [4.69, 9.17) is 21.0 Å². The highest BCUT2D eigenvalue weighted by atomic mass is 32.2. The van der Waals surface area contributed by atoms with Crippen molar-refractivity contribution in [3.8, 4) is 16.9 Å². The summed E-state index contributed by atoms with van der Waals surface area (Å²) in [5.74, 6) is 0.409. The third-order valence-electron chi connectivity index (χ3n) is 5.22. The maximum atomic E-state index is 12.0. The molecule has 0 bridgehead atoms. The van der Waals surface area contributed by atoms with Gasteiger partial charge in [0, 0.05) is 17.7 Å². The molecule has 0 saturated heterocycles. The molecule has 0 unspecified atom stereocenters. The van der Waals surface area contributed by atoms with Crippen LogP contribution in [0.15, 0.2) is 77.7 Å². The van der Waals surface area contributed by atoms with Gasteiger partial charge in [-0.2, -0.15) is 0 Å². The average molecular weight is 481 g/mol. The largest absolute Gasteiger partial charge is 0.412 e. The average Bonchev–Trinajstić information content (AvgIpc) is 2.81. The normalized spacial score (nSPS) is 11.1. The van der Waals surface area contributed by atoms with Crippen LogP contribution >= 0.6 is 0 Å². The van der Waals surface area contributed by atoms with E-state index < -0.39 is 16.1 Å². The second kappa shape index (κ2) is 11.4. The Morgan fingerprint density at radius 1 is 0.941 bits per heavy atom. The maximum absolute atomic E-state index is 12.0. The Bertz CT molecular complexity index is 1260. The van der Waals surface area contributed by atoms with Gasteiger partial charge in [0.25, 0.3) is 0 Å². The van der Waals surface area contributed by atoms with Crippen molar-refractivity contribution in [3.05, 3.63) is 83.9 Å². The highest BCUT2D eigenvalue weighted by Gasteiger charge is 2.14. The molecule has 8 nitrogen and oxygen atoms in total. The quantitative estimate of drug-likeness (QED) is 0.198. The molecule has 0 spiro atoms. The Morgan fingerprint density at radius 2 is 1.68 bits per heavy atom. The molecule has 3 rings (SSSR count). The molecule has 0 aliphatic rings. The molecular formula is C25H28N4O4S. The zero-order chi connectivity index (χ0) is 24.6. The van der Waals surface area contributed by atoms with Crippen LogP contribution in [0.4, 0.5) is 4.79 Å². The molecule has 178 valence electrons. The SMILES string of the molecule is N=C(N)c1cccc(CCCCCNC(=O)Oc2ccc(-c3ccccc3S(N)(=O)=O)cc2)c1. The van der Waals surface area contributed by atoms with Gasteiger partial charge in [-0.1, -0.05) is 55.0 Å². The van der Waals surface area contributed by atoms with Gasteiger partial charge in [-0.25, -0.2) is 18.4 Å². The van der Waals surface area contributed by atoms with E-state index in [9.17, 15) is 13.2 Å². The van der Waals surface area contributed by atoms with Gasteiger partial charge in [-0.05, 0) is 54.7 Å². The minimum absolute atomic E-state index is 0.0352. The molecular weight excluding hydrogens is 452 g/mol. The molecule has 34 heavy (non-hydrogen) atoms. The predicted molar refractivity (Wildman–Crippen MR) is 132 cm³/mol. The van der Waals surface area contributed by atoms with E-state index in [2.05, 4.69) is 5.32 Å². The Hall–Kier alpha value is -3.69. The van der Waals surface area contributed by atoms with Crippen LogP contribution < -0.4 is 20.9 Å². The molecule has 3 aromatic rings. The fourth-order valence-corrected chi connectivity index (χ4v) is 4.28. The molecule has 0 aliphatic carbocycles. The summed E-state index contributed by atoms with van der Waals surface area (Å²) in [7, 11) is -3.86. The summed E-state index contributed by atoms with van der Waals surface area (Å²) in [5.41, 5.74) is 8.51. The number of nitrogens with two attached hydrogens (primary N) is 2. The van der Waals surface area contributed by atoms with Gasteiger partial charge in [-0.3, -0.25) is 5.41 Å². The van der Waals surface area contributed by atoms with E-state index in [1.54, 1.807) is 42.5 Å². The summed E-state index contributed by atoms with van der Waals surface area (Å²) in [6.45, 7) is 0.492. The first kappa shape index (κ1) is 24.9. The number of carbonyl (C=O) groups is 1. The molecule has 0 heterocycles. The fourth-order valence-electron chi connectivity index (χ4n) is 3.51. The smallest absolute Gasteiger partial charge is 0.410 e. The molecule has 0 saturated carbocycles. The Balaban J connectivity index is 1.42. The Kier molecular flexibility index (Phi) is 8.39. The van der Waals surface area contributed by atoms with Gasteiger partial charge in [-0.15, -0.1) is 0 Å².